The minimum Gasteiger partial charge on any atom is -0.300 e. The molecule has 2 aromatic heterocycles. The minimum absolute atomic E-state index is 0.255. The van der Waals surface area contributed by atoms with E-state index in [1.165, 1.54) is 23.5 Å². The van der Waals surface area contributed by atoms with E-state index < -0.39 is 5.41 Å². The number of anilines is 1. The summed E-state index contributed by atoms with van der Waals surface area (Å²) < 4.78 is 15.4. The van der Waals surface area contributed by atoms with Crippen molar-refractivity contribution in [3.05, 3.63) is 58.1 Å². The summed E-state index contributed by atoms with van der Waals surface area (Å²) >= 11 is 1.34. The Morgan fingerprint density at radius 3 is 2.70 bits per heavy atom. The van der Waals surface area contributed by atoms with Crippen LogP contribution in [0.2, 0.25) is 0 Å². The molecule has 0 aliphatic rings. The van der Waals surface area contributed by atoms with Crippen LogP contribution in [0.1, 0.15) is 35.8 Å². The van der Waals surface area contributed by atoms with E-state index in [1.807, 2.05) is 24.6 Å². The second-order valence-corrected chi connectivity index (χ2v) is 8.05. The average molecular weight is 387 g/mol. The monoisotopic (exact) mass is 387 g/mol. The first kappa shape index (κ1) is 19.2. The first-order valence-electron chi connectivity index (χ1n) is 8.66. The van der Waals surface area contributed by atoms with Crippen LogP contribution in [0.15, 0.2) is 30.3 Å². The maximum atomic E-state index is 13.5. The van der Waals surface area contributed by atoms with E-state index in [4.69, 9.17) is 0 Å². The van der Waals surface area contributed by atoms with Crippen LogP contribution in [0, 0.1) is 19.7 Å². The lowest BCUT2D eigenvalue weighted by Gasteiger charge is -2.23. The largest absolute Gasteiger partial charge is 0.300 e. The molecule has 1 amide bonds. The summed E-state index contributed by atoms with van der Waals surface area (Å²) in [6, 6.07) is 8.10. The second-order valence-electron chi connectivity index (χ2n) is 6.99. The van der Waals surface area contributed by atoms with Crippen molar-refractivity contribution < 1.29 is 9.18 Å². The summed E-state index contributed by atoms with van der Waals surface area (Å²) in [5.41, 5.74) is 1.80. The fourth-order valence-corrected chi connectivity index (χ4v) is 3.49. The van der Waals surface area contributed by atoms with E-state index in [2.05, 4.69) is 20.6 Å². The van der Waals surface area contributed by atoms with Gasteiger partial charge in [0.25, 0.3) is 0 Å². The van der Waals surface area contributed by atoms with Crippen molar-refractivity contribution in [3.8, 4) is 0 Å². The van der Waals surface area contributed by atoms with Crippen molar-refractivity contribution in [3.63, 3.8) is 0 Å². The number of aryl methyl sites for hydroxylation is 4. The molecule has 27 heavy (non-hydrogen) atoms. The van der Waals surface area contributed by atoms with Gasteiger partial charge in [0.15, 0.2) is 0 Å². The molecule has 3 aromatic rings. The highest BCUT2D eigenvalue weighted by Crippen LogP contribution is 2.26. The molecule has 0 atom stereocenters. The Morgan fingerprint density at radius 2 is 2.04 bits per heavy atom. The Labute approximate surface area is 161 Å². The predicted molar refractivity (Wildman–Crippen MR) is 103 cm³/mol. The minimum atomic E-state index is -0.891. The van der Waals surface area contributed by atoms with Crippen LogP contribution in [0.5, 0.6) is 0 Å². The summed E-state index contributed by atoms with van der Waals surface area (Å²) in [4.78, 5) is 12.7. The van der Waals surface area contributed by atoms with Crippen molar-refractivity contribution in [2.45, 2.75) is 46.1 Å². The number of nitrogens with one attached hydrogen (secondary N) is 1. The third-order valence-electron chi connectivity index (χ3n) is 4.44. The lowest BCUT2D eigenvalue weighted by molar-refractivity contribution is -0.120. The molecule has 0 saturated heterocycles. The predicted octanol–water partition coefficient (Wildman–Crippen LogP) is 3.65. The number of carbonyl (C=O) groups excluding carboxylic acids is 1. The molecular weight excluding hydrogens is 365 g/mol. The molecule has 8 heteroatoms. The molecule has 0 spiro atoms. The number of hydrogen-bond donors (Lipinski definition) is 1. The number of nitrogens with zero attached hydrogens (tertiary/aromatic N) is 4. The Bertz CT molecular complexity index is 963. The van der Waals surface area contributed by atoms with Crippen LogP contribution < -0.4 is 5.32 Å². The first-order chi connectivity index (χ1) is 12.8. The van der Waals surface area contributed by atoms with Gasteiger partial charge in [0, 0.05) is 18.7 Å². The molecule has 0 aliphatic carbocycles. The molecule has 142 valence electrons. The molecule has 3 rings (SSSR count). The fraction of sp³-hybridized carbons (Fsp3) is 0.368. The Kier molecular flexibility index (Phi) is 5.36. The van der Waals surface area contributed by atoms with Gasteiger partial charge in [-0.3, -0.25) is 14.8 Å². The molecular formula is C19H22FN5OS. The van der Waals surface area contributed by atoms with Crippen molar-refractivity contribution in [2.75, 3.05) is 5.32 Å². The standard InChI is InChI=1S/C19H22FN5OS/c1-12-10-13(2)25(24-12)9-8-16-22-23-18(27-16)21-17(26)19(3,4)14-6-5-7-15(20)11-14/h5-7,10-11H,8-9H2,1-4H3,(H,21,23,26). The molecule has 2 heterocycles. The summed E-state index contributed by atoms with van der Waals surface area (Å²) in [5, 5.41) is 16.7. The van der Waals surface area contributed by atoms with Gasteiger partial charge >= 0.3 is 0 Å². The lowest BCUT2D eigenvalue weighted by Crippen LogP contribution is -2.34. The van der Waals surface area contributed by atoms with Gasteiger partial charge < -0.3 is 0 Å². The van der Waals surface area contributed by atoms with Gasteiger partial charge in [-0.25, -0.2) is 4.39 Å². The quantitative estimate of drug-likeness (QED) is 0.701. The Balaban J connectivity index is 1.64. The smallest absolute Gasteiger partial charge is 0.236 e. The van der Waals surface area contributed by atoms with Gasteiger partial charge in [0.05, 0.1) is 11.1 Å². The second kappa shape index (κ2) is 7.56. The van der Waals surface area contributed by atoms with Crippen LogP contribution in [-0.2, 0) is 23.2 Å². The van der Waals surface area contributed by atoms with E-state index in [9.17, 15) is 9.18 Å². The molecule has 0 unspecified atom stereocenters. The zero-order valence-electron chi connectivity index (χ0n) is 15.8. The Hall–Kier alpha value is -2.61. The number of halogens is 1. The van der Waals surface area contributed by atoms with Gasteiger partial charge in [-0.05, 0) is 51.5 Å². The van der Waals surface area contributed by atoms with Crippen molar-refractivity contribution in [1.82, 2.24) is 20.0 Å². The van der Waals surface area contributed by atoms with Crippen molar-refractivity contribution in [2.24, 2.45) is 0 Å². The van der Waals surface area contributed by atoms with Crippen LogP contribution >= 0.6 is 11.3 Å². The first-order valence-corrected chi connectivity index (χ1v) is 9.48. The molecule has 0 saturated carbocycles. The van der Waals surface area contributed by atoms with E-state index in [0.29, 0.717) is 23.7 Å². The number of aromatic nitrogens is 4. The highest BCUT2D eigenvalue weighted by Gasteiger charge is 2.31. The summed E-state index contributed by atoms with van der Waals surface area (Å²) in [7, 11) is 0. The van der Waals surface area contributed by atoms with Crippen LogP contribution in [0.25, 0.3) is 0 Å². The summed E-state index contributed by atoms with van der Waals surface area (Å²) in [6.07, 6.45) is 0.683. The average Bonchev–Trinajstić information content (AvgIpc) is 3.18. The maximum Gasteiger partial charge on any atom is 0.236 e. The number of hydrogen-bond acceptors (Lipinski definition) is 5. The van der Waals surface area contributed by atoms with Crippen molar-refractivity contribution in [1.29, 1.82) is 0 Å². The van der Waals surface area contributed by atoms with Gasteiger partial charge in [0.1, 0.15) is 10.8 Å². The van der Waals surface area contributed by atoms with Gasteiger partial charge in [0.2, 0.25) is 11.0 Å². The maximum absolute atomic E-state index is 13.5. The van der Waals surface area contributed by atoms with E-state index in [1.54, 1.807) is 26.0 Å². The number of benzene rings is 1. The lowest BCUT2D eigenvalue weighted by atomic mass is 9.84. The highest BCUT2D eigenvalue weighted by molar-refractivity contribution is 7.15. The number of carbonyl (C=O) groups is 1. The number of amides is 1. The van der Waals surface area contributed by atoms with Gasteiger partial charge in [-0.15, -0.1) is 10.2 Å². The van der Waals surface area contributed by atoms with Crippen LogP contribution in [0.4, 0.5) is 9.52 Å². The van der Waals surface area contributed by atoms with E-state index >= 15 is 0 Å². The molecule has 0 bridgehead atoms. The molecule has 1 aromatic carbocycles. The van der Waals surface area contributed by atoms with Gasteiger partial charge in [-0.2, -0.15) is 5.10 Å². The van der Waals surface area contributed by atoms with E-state index in [-0.39, 0.29) is 11.7 Å². The zero-order chi connectivity index (χ0) is 19.6. The van der Waals surface area contributed by atoms with E-state index in [0.717, 1.165) is 16.4 Å². The van der Waals surface area contributed by atoms with Crippen LogP contribution in [-0.4, -0.2) is 25.9 Å². The third-order valence-corrected chi connectivity index (χ3v) is 5.34. The highest BCUT2D eigenvalue weighted by atomic mass is 32.1. The molecule has 0 radical (unpaired) electrons. The molecule has 0 fully saturated rings. The fourth-order valence-electron chi connectivity index (χ4n) is 2.77. The molecule has 1 N–H and O–H groups in total. The van der Waals surface area contributed by atoms with Crippen LogP contribution in [0.3, 0.4) is 0 Å². The number of rotatable bonds is 6. The molecule has 6 nitrogen and oxygen atoms in total. The van der Waals surface area contributed by atoms with Gasteiger partial charge in [-0.1, -0.05) is 23.5 Å². The van der Waals surface area contributed by atoms with Crippen molar-refractivity contribution >= 4 is 22.4 Å². The SMILES string of the molecule is Cc1cc(C)n(CCc2nnc(NC(=O)C(C)(C)c3cccc(F)c3)s2)n1. The third kappa shape index (κ3) is 4.39. The summed E-state index contributed by atoms with van der Waals surface area (Å²) in [5.74, 6) is -0.620. The zero-order valence-corrected chi connectivity index (χ0v) is 16.6. The Morgan fingerprint density at radius 1 is 1.26 bits per heavy atom. The molecule has 0 aliphatic heterocycles. The summed E-state index contributed by atoms with van der Waals surface area (Å²) in [6.45, 7) is 8.18. The topological polar surface area (TPSA) is 72.7 Å². The normalized spacial score (nSPS) is 11.6.